The predicted molar refractivity (Wildman–Crippen MR) is 243 cm³/mol. The molecule has 19 heteroatoms. The van der Waals surface area contributed by atoms with Crippen LogP contribution in [-0.2, 0) is 34.2 Å². The summed E-state index contributed by atoms with van der Waals surface area (Å²) in [4.78, 5) is 87.0. The van der Waals surface area contributed by atoms with Crippen LogP contribution in [0.4, 0.5) is 0 Å². The van der Waals surface area contributed by atoms with Gasteiger partial charge < -0.3 is 48.7 Å². The molecule has 0 bridgehead atoms. The van der Waals surface area contributed by atoms with Crippen LogP contribution >= 0.6 is 0 Å². The fourth-order valence-electron chi connectivity index (χ4n) is 6.02. The van der Waals surface area contributed by atoms with Crippen molar-refractivity contribution in [2.24, 2.45) is 14.1 Å². The van der Waals surface area contributed by atoms with Gasteiger partial charge in [0.15, 0.2) is 0 Å². The Kier molecular flexibility index (Phi) is 19.8. The van der Waals surface area contributed by atoms with Crippen LogP contribution in [0.3, 0.4) is 0 Å². The second-order valence-electron chi connectivity index (χ2n) is 13.6. The Morgan fingerprint density at radius 3 is 0.826 bits per heavy atom. The monoisotopic (exact) mass is 1100 g/mol. The summed E-state index contributed by atoms with van der Waals surface area (Å²) < 4.78 is 3.29. The van der Waals surface area contributed by atoms with E-state index in [2.05, 4.69) is 29.9 Å². The fourth-order valence-corrected chi connectivity index (χ4v) is 6.02. The van der Waals surface area contributed by atoms with E-state index in [0.29, 0.717) is 0 Å². The second-order valence-corrected chi connectivity index (χ2v) is 13.6. The smallest absolute Gasteiger partial charge is 0.543 e. The average Bonchev–Trinajstić information content (AvgIpc) is 3.39. The van der Waals surface area contributed by atoms with Crippen molar-refractivity contribution in [1.82, 2.24) is 39.0 Å². The first-order valence-corrected chi connectivity index (χ1v) is 19.9. The van der Waals surface area contributed by atoms with E-state index in [-0.39, 0.29) is 54.0 Å². The van der Waals surface area contributed by atoms with Crippen LogP contribution < -0.4 is 31.5 Å². The van der Waals surface area contributed by atoms with Gasteiger partial charge in [-0.15, -0.1) is 0 Å². The molecule has 8 heterocycles. The Hall–Kier alpha value is -9.19. The normalized spacial score (nSPS) is 9.77. The maximum atomic E-state index is 12.1. The number of hydrogen-bond acceptors (Lipinski definition) is 16. The van der Waals surface area contributed by atoms with Crippen LogP contribution in [0.5, 0.6) is 0 Å². The van der Waals surface area contributed by atoms with Gasteiger partial charge in [0.2, 0.25) is 0 Å². The van der Waals surface area contributed by atoms with Crippen molar-refractivity contribution in [2.75, 3.05) is 0 Å². The van der Waals surface area contributed by atoms with Crippen LogP contribution in [0, 0.1) is 0 Å². The third-order valence-corrected chi connectivity index (χ3v) is 9.23. The molecule has 0 aliphatic rings. The van der Waals surface area contributed by atoms with Crippen LogP contribution in [0.15, 0.2) is 192 Å². The topological polar surface area (TPSA) is 282 Å². The van der Waals surface area contributed by atoms with E-state index >= 15 is 0 Å². The first-order chi connectivity index (χ1) is 32.8. The third-order valence-electron chi connectivity index (χ3n) is 9.23. The van der Waals surface area contributed by atoms with Gasteiger partial charge in [-0.05, 0) is 84.9 Å². The van der Waals surface area contributed by atoms with Gasteiger partial charge in [-0.1, -0.05) is 60.7 Å². The molecule has 0 saturated carbocycles. The van der Waals surface area contributed by atoms with Crippen molar-refractivity contribution in [1.29, 1.82) is 0 Å². The molecule has 0 amide bonds. The van der Waals surface area contributed by atoms with E-state index in [0.717, 1.165) is 43.6 Å². The Balaban J connectivity index is 0.000000184. The maximum absolute atomic E-state index is 12.1. The van der Waals surface area contributed by atoms with E-state index in [1.165, 1.54) is 49.1 Å². The summed E-state index contributed by atoms with van der Waals surface area (Å²) in [6.07, 6.45) is 9.13. The van der Waals surface area contributed by atoms with Gasteiger partial charge >= 0.3 is 20.1 Å². The molecular weight excluding hydrogens is 1060 g/mol. The molecule has 1 radical (unpaired) electrons. The standard InChI is InChI=1S/2C13H10N2O.4C6H5NO2.Ir/c2*1-15-11-7-4-8-14-12(11)9-5-2-3-6-10(9)13(15)16;4*8-6(9)5-3-1-2-4-7-5;/h2*2-8H,1H3;4*1-4H,(H,8,9);/q;;;;;;+4/p-4. The van der Waals surface area contributed by atoms with Crippen molar-refractivity contribution >= 4 is 67.5 Å². The van der Waals surface area contributed by atoms with Crippen molar-refractivity contribution in [2.45, 2.75) is 0 Å². The summed E-state index contributed by atoms with van der Waals surface area (Å²) in [5.41, 5.74) is 3.41. The van der Waals surface area contributed by atoms with Crippen molar-refractivity contribution < 1.29 is 59.7 Å². The van der Waals surface area contributed by atoms with E-state index in [1.54, 1.807) is 84.2 Å². The number of benzene rings is 2. The number of carbonyl (C=O) groups excluding carboxylic acids is 4. The first-order valence-electron chi connectivity index (χ1n) is 19.9. The number of hydrogen-bond donors (Lipinski definition) is 0. The largest absolute Gasteiger partial charge is 4.00 e. The first kappa shape index (κ1) is 52.4. The molecule has 0 saturated heterocycles. The third kappa shape index (κ3) is 14.4. The molecule has 0 atom stereocenters. The second kappa shape index (κ2) is 26.1. The Bertz CT molecular complexity index is 3110. The molecule has 0 spiro atoms. The van der Waals surface area contributed by atoms with Gasteiger partial charge in [0.05, 0.1) is 68.7 Å². The summed E-state index contributed by atoms with van der Waals surface area (Å²) in [6.45, 7) is 0. The van der Waals surface area contributed by atoms with Gasteiger partial charge in [0, 0.05) is 72.8 Å². The number of pyridine rings is 8. The van der Waals surface area contributed by atoms with Crippen molar-refractivity contribution in [3.8, 4) is 0 Å². The molecule has 10 rings (SSSR count). The van der Waals surface area contributed by atoms with Crippen LogP contribution in [0.25, 0.3) is 43.6 Å². The molecule has 69 heavy (non-hydrogen) atoms. The zero-order valence-corrected chi connectivity index (χ0v) is 38.7. The van der Waals surface area contributed by atoms with Crippen molar-refractivity contribution in [3.05, 3.63) is 226 Å². The molecule has 345 valence electrons. The molecule has 0 aliphatic carbocycles. The molecule has 18 nitrogen and oxygen atoms in total. The minimum atomic E-state index is -1.24. The Morgan fingerprint density at radius 1 is 0.348 bits per heavy atom. The van der Waals surface area contributed by atoms with Gasteiger partial charge in [-0.3, -0.25) is 39.5 Å². The number of aromatic nitrogens is 8. The molecule has 8 aromatic heterocycles. The molecule has 0 fully saturated rings. The zero-order valence-electron chi connectivity index (χ0n) is 36.3. The molecule has 0 aliphatic heterocycles. The van der Waals surface area contributed by atoms with Crippen molar-refractivity contribution in [3.63, 3.8) is 0 Å². The predicted octanol–water partition coefficient (Wildman–Crippen LogP) is 1.95. The maximum Gasteiger partial charge on any atom is 4.00 e. The van der Waals surface area contributed by atoms with E-state index < -0.39 is 23.9 Å². The van der Waals surface area contributed by atoms with Gasteiger partial charge in [0.25, 0.3) is 11.1 Å². The van der Waals surface area contributed by atoms with E-state index in [9.17, 15) is 49.2 Å². The number of carbonyl (C=O) groups is 4. The quantitative estimate of drug-likeness (QED) is 0.228. The number of carboxylic acid groups (broad SMARTS) is 4. The van der Waals surface area contributed by atoms with E-state index in [1.807, 2.05) is 72.8 Å². The number of fused-ring (bicyclic) bond motifs is 6. The summed E-state index contributed by atoms with van der Waals surface area (Å²) >= 11 is 0. The number of nitrogens with zero attached hydrogens (tertiary/aromatic N) is 8. The number of aryl methyl sites for hydroxylation is 2. The van der Waals surface area contributed by atoms with Gasteiger partial charge in [0.1, 0.15) is 0 Å². The van der Waals surface area contributed by atoms with Crippen LogP contribution in [-0.4, -0.2) is 62.9 Å². The van der Waals surface area contributed by atoms with Crippen LogP contribution in [0.2, 0.25) is 0 Å². The molecular formula is C50H36IrN8O10. The minimum absolute atomic E-state index is 0. The molecule has 10 aromatic rings. The molecule has 0 unspecified atom stereocenters. The number of carboxylic acids is 4. The average molecular weight is 1100 g/mol. The van der Waals surface area contributed by atoms with E-state index in [4.69, 9.17) is 0 Å². The van der Waals surface area contributed by atoms with Gasteiger partial charge in [-0.2, -0.15) is 0 Å². The molecule has 2 aromatic carbocycles. The summed E-state index contributed by atoms with van der Waals surface area (Å²) in [6, 6.07) is 41.2. The van der Waals surface area contributed by atoms with Gasteiger partial charge in [-0.25, -0.2) is 0 Å². The summed E-state index contributed by atoms with van der Waals surface area (Å²) in [5.74, 6) is -4.96. The summed E-state index contributed by atoms with van der Waals surface area (Å²) in [7, 11) is 3.55. The minimum Gasteiger partial charge on any atom is -0.543 e. The number of aromatic carboxylic acids is 4. The summed E-state index contributed by atoms with van der Waals surface area (Å²) in [5, 5.41) is 43.4. The molecule has 0 N–H and O–H groups in total. The number of rotatable bonds is 4. The van der Waals surface area contributed by atoms with Crippen LogP contribution in [0.1, 0.15) is 42.0 Å². The Labute approximate surface area is 404 Å². The fraction of sp³-hybridized carbons (Fsp3) is 0.0400. The SMILES string of the molecule is Cn1c(=O)c2ccccc2c2ncccc21.Cn1c(=O)c2ccccc2c2ncccc21.O=C([O-])c1ccccn1.O=C([O-])c1ccccn1.O=C([O-])c1ccccn1.O=C([O-])c1ccccn1.[Ir+4]. The zero-order chi connectivity index (χ0) is 49.0. The Morgan fingerprint density at radius 2 is 0.594 bits per heavy atom.